The van der Waals surface area contributed by atoms with Gasteiger partial charge in [-0.05, 0) is 79.2 Å². The normalized spacial score (nSPS) is 14.1. The van der Waals surface area contributed by atoms with Gasteiger partial charge in [0.15, 0.2) is 6.17 Å². The molecule has 268 valence electrons. The maximum Gasteiger partial charge on any atom is 0.173 e. The topological polar surface area (TPSA) is 49.9 Å². The Bertz CT molecular complexity index is 3200. The SMILES string of the molecule is c1ccc(C2=NC(c3ccc(-c4cccc(-c5ccccc5)c4)c4c3oc3cc5ccccc5cc34)N=C(c3ccc(-c4ccc5ccccc5c4)cc3)N2)cc1. The third-order valence-corrected chi connectivity index (χ3v) is 11.1. The molecule has 10 aromatic rings. The summed E-state index contributed by atoms with van der Waals surface area (Å²) >= 11 is 0. The van der Waals surface area contributed by atoms with Crippen molar-refractivity contribution in [1.82, 2.24) is 5.32 Å². The Kier molecular flexibility index (Phi) is 7.85. The molecule has 11 rings (SSSR count). The Morgan fingerprint density at radius 2 is 0.912 bits per heavy atom. The van der Waals surface area contributed by atoms with Gasteiger partial charge < -0.3 is 9.73 Å². The molecule has 9 aromatic carbocycles. The van der Waals surface area contributed by atoms with Crippen LogP contribution in [0.15, 0.2) is 215 Å². The molecular weight excluding hydrogens is 695 g/mol. The number of rotatable bonds is 6. The van der Waals surface area contributed by atoms with E-state index >= 15 is 0 Å². The molecule has 0 bridgehead atoms. The summed E-state index contributed by atoms with van der Waals surface area (Å²) in [6.07, 6.45) is -0.557. The average molecular weight is 730 g/mol. The molecule has 2 heterocycles. The van der Waals surface area contributed by atoms with Crippen molar-refractivity contribution in [3.8, 4) is 33.4 Å². The van der Waals surface area contributed by atoms with Gasteiger partial charge in [-0.1, -0.05) is 176 Å². The summed E-state index contributed by atoms with van der Waals surface area (Å²) in [5.41, 5.74) is 11.4. The number of benzene rings is 9. The van der Waals surface area contributed by atoms with Crippen molar-refractivity contribution in [3.63, 3.8) is 0 Å². The first-order chi connectivity index (χ1) is 28.2. The summed E-state index contributed by atoms with van der Waals surface area (Å²) in [4.78, 5) is 10.6. The van der Waals surface area contributed by atoms with Gasteiger partial charge in [0, 0.05) is 27.5 Å². The molecule has 1 aliphatic rings. The monoisotopic (exact) mass is 729 g/mol. The van der Waals surface area contributed by atoms with Gasteiger partial charge >= 0.3 is 0 Å². The summed E-state index contributed by atoms with van der Waals surface area (Å²) in [5, 5.41) is 10.5. The van der Waals surface area contributed by atoms with E-state index in [1.54, 1.807) is 0 Å². The Labute approximate surface area is 330 Å². The number of aliphatic imine (C=N–C) groups is 2. The van der Waals surface area contributed by atoms with Crippen LogP contribution in [-0.4, -0.2) is 11.7 Å². The zero-order chi connectivity index (χ0) is 37.7. The van der Waals surface area contributed by atoms with E-state index in [0.717, 1.165) is 72.4 Å². The van der Waals surface area contributed by atoms with Crippen LogP contribution in [0.2, 0.25) is 0 Å². The first kappa shape index (κ1) is 32.8. The molecule has 0 radical (unpaired) electrons. The highest BCUT2D eigenvalue weighted by Gasteiger charge is 2.26. The number of nitrogens with one attached hydrogen (secondary N) is 1. The van der Waals surface area contributed by atoms with Crippen LogP contribution in [0, 0.1) is 0 Å². The third-order valence-electron chi connectivity index (χ3n) is 11.1. The number of hydrogen-bond acceptors (Lipinski definition) is 4. The minimum atomic E-state index is -0.557. The van der Waals surface area contributed by atoms with E-state index in [4.69, 9.17) is 14.4 Å². The lowest BCUT2D eigenvalue weighted by molar-refractivity contribution is 0.649. The van der Waals surface area contributed by atoms with Gasteiger partial charge in [-0.3, -0.25) is 0 Å². The molecule has 0 aliphatic carbocycles. The molecular formula is C53H35N3O. The molecule has 1 aliphatic heterocycles. The highest BCUT2D eigenvalue weighted by molar-refractivity contribution is 6.18. The lowest BCUT2D eigenvalue weighted by atomic mass is 9.93. The maximum atomic E-state index is 6.94. The number of furan rings is 1. The smallest absolute Gasteiger partial charge is 0.173 e. The van der Waals surface area contributed by atoms with Crippen molar-refractivity contribution < 1.29 is 4.42 Å². The second-order valence-electron chi connectivity index (χ2n) is 14.6. The van der Waals surface area contributed by atoms with Crippen LogP contribution in [0.1, 0.15) is 22.9 Å². The zero-order valence-corrected chi connectivity index (χ0v) is 30.9. The van der Waals surface area contributed by atoms with Gasteiger partial charge in [-0.2, -0.15) is 0 Å². The molecule has 1 atom stereocenters. The van der Waals surface area contributed by atoms with Crippen LogP contribution in [0.4, 0.5) is 0 Å². The van der Waals surface area contributed by atoms with E-state index in [0.29, 0.717) is 0 Å². The van der Waals surface area contributed by atoms with Crippen molar-refractivity contribution >= 4 is 55.2 Å². The largest absolute Gasteiger partial charge is 0.456 e. The first-order valence-electron chi connectivity index (χ1n) is 19.3. The van der Waals surface area contributed by atoms with E-state index in [-0.39, 0.29) is 0 Å². The highest BCUT2D eigenvalue weighted by atomic mass is 16.3. The van der Waals surface area contributed by atoms with E-state index in [1.807, 2.05) is 18.2 Å². The number of nitrogens with zero attached hydrogens (tertiary/aromatic N) is 2. The summed E-state index contributed by atoms with van der Waals surface area (Å²) in [6.45, 7) is 0. The van der Waals surface area contributed by atoms with Crippen LogP contribution in [0.5, 0.6) is 0 Å². The minimum absolute atomic E-state index is 0.557. The lowest BCUT2D eigenvalue weighted by Gasteiger charge is -2.23. The maximum absolute atomic E-state index is 6.94. The molecule has 1 unspecified atom stereocenters. The Morgan fingerprint density at radius 1 is 0.386 bits per heavy atom. The van der Waals surface area contributed by atoms with Crippen LogP contribution < -0.4 is 5.32 Å². The quantitative estimate of drug-likeness (QED) is 0.185. The molecule has 4 nitrogen and oxygen atoms in total. The van der Waals surface area contributed by atoms with E-state index in [9.17, 15) is 0 Å². The van der Waals surface area contributed by atoms with Gasteiger partial charge in [-0.25, -0.2) is 9.98 Å². The standard InChI is InChI=1S/C53H35N3O/c1-3-12-34(13-4-1)40-20-11-21-44(31-40)45-28-29-46(50-49(45)47-32-41-18-9-10-19-42(41)33-48(47)57-50)53-55-51(37-15-5-2-6-16-37)54-52(56-53)38-25-22-36(23-26-38)43-27-24-35-14-7-8-17-39(35)30-43/h1-33,53H,(H,54,55,56). The van der Waals surface area contributed by atoms with Crippen LogP contribution in [0.25, 0.3) is 76.9 Å². The first-order valence-corrected chi connectivity index (χ1v) is 19.3. The minimum Gasteiger partial charge on any atom is -0.456 e. The van der Waals surface area contributed by atoms with Gasteiger partial charge in [0.25, 0.3) is 0 Å². The second kappa shape index (κ2) is 13.6. The summed E-state index contributed by atoms with van der Waals surface area (Å²) < 4.78 is 6.94. The summed E-state index contributed by atoms with van der Waals surface area (Å²) in [5.74, 6) is 1.52. The number of hydrogen-bond donors (Lipinski definition) is 1. The van der Waals surface area contributed by atoms with Gasteiger partial charge in [0.2, 0.25) is 0 Å². The molecule has 0 saturated carbocycles. The number of fused-ring (bicyclic) bond motifs is 5. The molecule has 0 saturated heterocycles. The van der Waals surface area contributed by atoms with Gasteiger partial charge in [0.05, 0.1) is 0 Å². The fraction of sp³-hybridized carbons (Fsp3) is 0.0189. The molecule has 1 N–H and O–H groups in total. The van der Waals surface area contributed by atoms with Crippen molar-refractivity contribution in [1.29, 1.82) is 0 Å². The summed E-state index contributed by atoms with van der Waals surface area (Å²) in [6, 6.07) is 70.6. The zero-order valence-electron chi connectivity index (χ0n) is 30.9. The number of amidine groups is 2. The van der Waals surface area contributed by atoms with Crippen LogP contribution >= 0.6 is 0 Å². The van der Waals surface area contributed by atoms with Crippen molar-refractivity contribution in [2.24, 2.45) is 9.98 Å². The van der Waals surface area contributed by atoms with E-state index < -0.39 is 6.17 Å². The highest BCUT2D eigenvalue weighted by Crippen LogP contribution is 2.43. The van der Waals surface area contributed by atoms with E-state index in [1.165, 1.54) is 32.8 Å². The lowest BCUT2D eigenvalue weighted by Crippen LogP contribution is -2.36. The molecule has 1 aromatic heterocycles. The van der Waals surface area contributed by atoms with Crippen LogP contribution in [-0.2, 0) is 0 Å². The molecule has 0 spiro atoms. The fourth-order valence-electron chi connectivity index (χ4n) is 8.19. The fourth-order valence-corrected chi connectivity index (χ4v) is 8.19. The van der Waals surface area contributed by atoms with Gasteiger partial charge in [0.1, 0.15) is 22.8 Å². The predicted molar refractivity (Wildman–Crippen MR) is 237 cm³/mol. The average Bonchev–Trinajstić information content (AvgIpc) is 3.66. The Balaban J connectivity index is 1.07. The Hall–Kier alpha value is -7.56. The van der Waals surface area contributed by atoms with Crippen LogP contribution in [0.3, 0.4) is 0 Å². The molecule has 4 heteroatoms. The molecule has 57 heavy (non-hydrogen) atoms. The third kappa shape index (κ3) is 5.96. The second-order valence-corrected chi connectivity index (χ2v) is 14.6. The molecule has 0 amide bonds. The Morgan fingerprint density at radius 3 is 1.65 bits per heavy atom. The van der Waals surface area contributed by atoms with Crippen molar-refractivity contribution in [2.75, 3.05) is 0 Å². The van der Waals surface area contributed by atoms with E-state index in [2.05, 4.69) is 187 Å². The van der Waals surface area contributed by atoms with Gasteiger partial charge in [-0.15, -0.1) is 0 Å². The summed E-state index contributed by atoms with van der Waals surface area (Å²) in [7, 11) is 0. The van der Waals surface area contributed by atoms with Crippen molar-refractivity contribution in [3.05, 3.63) is 217 Å². The predicted octanol–water partition coefficient (Wildman–Crippen LogP) is 13.4. The van der Waals surface area contributed by atoms with Crippen molar-refractivity contribution in [2.45, 2.75) is 6.17 Å². The molecule has 0 fully saturated rings.